The molecule has 27 heavy (non-hydrogen) atoms. The van der Waals surface area contributed by atoms with Crippen molar-refractivity contribution in [2.45, 2.75) is 6.92 Å². The predicted molar refractivity (Wildman–Crippen MR) is 106 cm³/mol. The molecule has 2 aromatic heterocycles. The molecule has 0 saturated carbocycles. The van der Waals surface area contributed by atoms with Crippen molar-refractivity contribution in [3.8, 4) is 11.3 Å². The fourth-order valence-corrected chi connectivity index (χ4v) is 3.35. The highest BCUT2D eigenvalue weighted by Gasteiger charge is 2.11. The second kappa shape index (κ2) is 7.00. The molecule has 0 aliphatic rings. The summed E-state index contributed by atoms with van der Waals surface area (Å²) in [6.07, 6.45) is 1.59. The summed E-state index contributed by atoms with van der Waals surface area (Å²) < 4.78 is 0. The number of hydrogen-bond acceptors (Lipinski definition) is 5. The third-order valence-corrected chi connectivity index (χ3v) is 4.67. The number of amides is 2. The summed E-state index contributed by atoms with van der Waals surface area (Å²) in [7, 11) is 0. The maximum absolute atomic E-state index is 12.5. The van der Waals surface area contributed by atoms with Gasteiger partial charge in [-0.05, 0) is 30.3 Å². The standard InChI is InChI=1S/C19H15N5O2S/c1-11(25)22-14-5-2-12(3-6-14)17-9-27-19(23-17)24-18(26)13-4-7-15-16(8-13)21-10-20-15/h2-10H,1H3,(H,20,21)(H,22,25)(H,23,24,26). The van der Waals surface area contributed by atoms with E-state index < -0.39 is 0 Å². The normalized spacial score (nSPS) is 10.7. The van der Waals surface area contributed by atoms with Gasteiger partial charge in [0.25, 0.3) is 5.91 Å². The molecule has 0 spiro atoms. The minimum Gasteiger partial charge on any atom is -0.345 e. The molecule has 0 radical (unpaired) electrons. The number of H-pyrrole nitrogens is 1. The second-order valence-corrected chi connectivity index (χ2v) is 6.74. The molecular formula is C19H15N5O2S. The van der Waals surface area contributed by atoms with Gasteiger partial charge in [0, 0.05) is 29.1 Å². The first-order valence-corrected chi connectivity index (χ1v) is 9.04. The van der Waals surface area contributed by atoms with Gasteiger partial charge < -0.3 is 10.3 Å². The Hall–Kier alpha value is -3.52. The Morgan fingerprint density at radius 1 is 1.07 bits per heavy atom. The molecule has 2 amide bonds. The maximum Gasteiger partial charge on any atom is 0.257 e. The highest BCUT2D eigenvalue weighted by atomic mass is 32.1. The van der Waals surface area contributed by atoms with Crippen molar-refractivity contribution in [2.75, 3.05) is 10.6 Å². The van der Waals surface area contributed by atoms with E-state index >= 15 is 0 Å². The first-order chi connectivity index (χ1) is 13.1. The summed E-state index contributed by atoms with van der Waals surface area (Å²) in [5.41, 5.74) is 4.54. The minimum absolute atomic E-state index is 0.116. The highest BCUT2D eigenvalue weighted by Crippen LogP contribution is 2.26. The van der Waals surface area contributed by atoms with Crippen molar-refractivity contribution in [1.82, 2.24) is 15.0 Å². The van der Waals surface area contributed by atoms with Crippen LogP contribution in [0.25, 0.3) is 22.3 Å². The van der Waals surface area contributed by atoms with Crippen molar-refractivity contribution in [3.63, 3.8) is 0 Å². The average molecular weight is 377 g/mol. The summed E-state index contributed by atoms with van der Waals surface area (Å²) in [5, 5.41) is 7.94. The Balaban J connectivity index is 1.48. The van der Waals surface area contributed by atoms with Crippen LogP contribution in [0.4, 0.5) is 10.8 Å². The van der Waals surface area contributed by atoms with Gasteiger partial charge >= 0.3 is 0 Å². The molecule has 0 saturated heterocycles. The maximum atomic E-state index is 12.5. The van der Waals surface area contributed by atoms with Crippen LogP contribution in [0.2, 0.25) is 0 Å². The molecule has 8 heteroatoms. The van der Waals surface area contributed by atoms with Crippen molar-refractivity contribution >= 4 is 45.0 Å². The van der Waals surface area contributed by atoms with E-state index in [2.05, 4.69) is 25.6 Å². The number of aromatic nitrogens is 3. The van der Waals surface area contributed by atoms with E-state index in [1.807, 2.05) is 29.6 Å². The van der Waals surface area contributed by atoms with E-state index in [-0.39, 0.29) is 11.8 Å². The quantitative estimate of drug-likeness (QED) is 0.502. The van der Waals surface area contributed by atoms with Crippen LogP contribution in [0.3, 0.4) is 0 Å². The third kappa shape index (κ3) is 3.70. The van der Waals surface area contributed by atoms with Gasteiger partial charge in [-0.3, -0.25) is 14.9 Å². The minimum atomic E-state index is -0.228. The number of carbonyl (C=O) groups is 2. The van der Waals surface area contributed by atoms with Crippen molar-refractivity contribution in [2.24, 2.45) is 0 Å². The fraction of sp³-hybridized carbons (Fsp3) is 0.0526. The molecule has 7 nitrogen and oxygen atoms in total. The van der Waals surface area contributed by atoms with E-state index in [1.54, 1.807) is 24.5 Å². The number of aromatic amines is 1. The predicted octanol–water partition coefficient (Wildman–Crippen LogP) is 3.90. The van der Waals surface area contributed by atoms with Gasteiger partial charge in [-0.15, -0.1) is 11.3 Å². The molecule has 2 aromatic carbocycles. The molecule has 4 rings (SSSR count). The Morgan fingerprint density at radius 3 is 2.67 bits per heavy atom. The zero-order valence-corrected chi connectivity index (χ0v) is 15.1. The molecule has 0 atom stereocenters. The van der Waals surface area contributed by atoms with Gasteiger partial charge in [0.15, 0.2) is 5.13 Å². The van der Waals surface area contributed by atoms with Crippen molar-refractivity contribution < 1.29 is 9.59 Å². The van der Waals surface area contributed by atoms with Crippen LogP contribution in [-0.2, 0) is 4.79 Å². The SMILES string of the molecule is CC(=O)Nc1ccc(-c2csc(NC(=O)c3ccc4nc[nH]c4c3)n2)cc1. The van der Waals surface area contributed by atoms with Gasteiger partial charge in [0.1, 0.15) is 0 Å². The molecule has 0 aliphatic heterocycles. The molecule has 4 aromatic rings. The summed E-state index contributed by atoms with van der Waals surface area (Å²) in [6, 6.07) is 12.7. The van der Waals surface area contributed by atoms with Crippen LogP contribution in [-0.4, -0.2) is 26.8 Å². The fourth-order valence-electron chi connectivity index (χ4n) is 2.64. The van der Waals surface area contributed by atoms with Crippen LogP contribution in [0, 0.1) is 0 Å². The van der Waals surface area contributed by atoms with Gasteiger partial charge in [0.2, 0.25) is 5.91 Å². The highest BCUT2D eigenvalue weighted by molar-refractivity contribution is 7.14. The Morgan fingerprint density at radius 2 is 1.89 bits per heavy atom. The monoisotopic (exact) mass is 377 g/mol. The number of rotatable bonds is 4. The number of hydrogen-bond donors (Lipinski definition) is 3. The first-order valence-electron chi connectivity index (χ1n) is 8.16. The number of anilines is 2. The van der Waals surface area contributed by atoms with Crippen molar-refractivity contribution in [3.05, 3.63) is 59.7 Å². The van der Waals surface area contributed by atoms with Gasteiger partial charge in [-0.25, -0.2) is 9.97 Å². The lowest BCUT2D eigenvalue weighted by Crippen LogP contribution is -2.11. The number of nitrogens with zero attached hydrogens (tertiary/aromatic N) is 2. The van der Waals surface area contributed by atoms with E-state index in [0.29, 0.717) is 10.7 Å². The molecule has 0 fully saturated rings. The van der Waals surface area contributed by atoms with Crippen molar-refractivity contribution in [1.29, 1.82) is 0 Å². The molecule has 134 valence electrons. The zero-order valence-electron chi connectivity index (χ0n) is 14.3. The molecule has 0 bridgehead atoms. The lowest BCUT2D eigenvalue weighted by atomic mass is 10.1. The number of imidazole rings is 1. The number of thiazole rings is 1. The van der Waals surface area contributed by atoms with E-state index in [0.717, 1.165) is 28.0 Å². The summed E-state index contributed by atoms with van der Waals surface area (Å²) >= 11 is 1.35. The first kappa shape index (κ1) is 16.9. The average Bonchev–Trinajstić information content (AvgIpc) is 3.30. The van der Waals surface area contributed by atoms with Crippen LogP contribution < -0.4 is 10.6 Å². The van der Waals surface area contributed by atoms with Gasteiger partial charge in [0.05, 0.1) is 23.1 Å². The Labute approximate surface area is 158 Å². The van der Waals surface area contributed by atoms with Gasteiger partial charge in [-0.1, -0.05) is 12.1 Å². The smallest absolute Gasteiger partial charge is 0.257 e. The Kier molecular flexibility index (Phi) is 4.39. The Bertz CT molecular complexity index is 1130. The largest absolute Gasteiger partial charge is 0.345 e. The lowest BCUT2D eigenvalue weighted by Gasteiger charge is -2.03. The molecule has 3 N–H and O–H groups in total. The van der Waals surface area contributed by atoms with E-state index in [9.17, 15) is 9.59 Å². The lowest BCUT2D eigenvalue weighted by molar-refractivity contribution is -0.114. The topological polar surface area (TPSA) is 99.8 Å². The molecule has 0 aliphatic carbocycles. The second-order valence-electron chi connectivity index (χ2n) is 5.89. The number of benzene rings is 2. The molecular weight excluding hydrogens is 362 g/mol. The zero-order chi connectivity index (χ0) is 18.8. The third-order valence-electron chi connectivity index (χ3n) is 3.91. The number of carbonyl (C=O) groups excluding carboxylic acids is 2. The van der Waals surface area contributed by atoms with E-state index in [1.165, 1.54) is 18.3 Å². The number of nitrogens with one attached hydrogen (secondary N) is 3. The summed E-state index contributed by atoms with van der Waals surface area (Å²) in [4.78, 5) is 35.1. The summed E-state index contributed by atoms with van der Waals surface area (Å²) in [5.74, 6) is -0.344. The van der Waals surface area contributed by atoms with Crippen LogP contribution in [0.15, 0.2) is 54.2 Å². The number of fused-ring (bicyclic) bond motifs is 1. The van der Waals surface area contributed by atoms with Gasteiger partial charge in [-0.2, -0.15) is 0 Å². The molecule has 2 heterocycles. The summed E-state index contributed by atoms with van der Waals surface area (Å²) in [6.45, 7) is 1.47. The van der Waals surface area contributed by atoms with E-state index in [4.69, 9.17) is 0 Å². The molecule has 0 unspecified atom stereocenters. The van der Waals surface area contributed by atoms with Crippen LogP contribution >= 0.6 is 11.3 Å². The van der Waals surface area contributed by atoms with Crippen LogP contribution in [0.1, 0.15) is 17.3 Å². The van der Waals surface area contributed by atoms with Crippen LogP contribution in [0.5, 0.6) is 0 Å².